The first-order chi connectivity index (χ1) is 16.1. The molecule has 2 heterocycles. The van der Waals surface area contributed by atoms with Crippen LogP contribution in [-0.2, 0) is 10.3 Å². The molecule has 2 aromatic rings. The Morgan fingerprint density at radius 2 is 1.91 bits per heavy atom. The summed E-state index contributed by atoms with van der Waals surface area (Å²) in [5, 5.41) is 14.6. The van der Waals surface area contributed by atoms with Gasteiger partial charge in [0, 0.05) is 48.2 Å². The monoisotopic (exact) mass is 592 g/mol. The van der Waals surface area contributed by atoms with Crippen LogP contribution in [0.15, 0.2) is 42.7 Å². The molecular weight excluding hydrogens is 567 g/mol. The van der Waals surface area contributed by atoms with Crippen LogP contribution in [0.3, 0.4) is 0 Å². The Morgan fingerprint density at radius 3 is 2.50 bits per heavy atom. The van der Waals surface area contributed by atoms with Crippen LogP contribution in [0.25, 0.3) is 0 Å². The van der Waals surface area contributed by atoms with E-state index in [1.165, 1.54) is 25.0 Å². The highest BCUT2D eigenvalue weighted by Gasteiger charge is 2.58. The van der Waals surface area contributed by atoms with Crippen LogP contribution in [0.1, 0.15) is 43.2 Å². The lowest BCUT2D eigenvalue weighted by Crippen LogP contribution is -2.46. The van der Waals surface area contributed by atoms with Gasteiger partial charge in [0.05, 0.1) is 17.3 Å². The minimum absolute atomic E-state index is 0.136. The smallest absolute Gasteiger partial charge is 0.379 e. The molecule has 4 N–H and O–H groups in total. The summed E-state index contributed by atoms with van der Waals surface area (Å²) in [5.41, 5.74) is -2.18. The van der Waals surface area contributed by atoms with Crippen LogP contribution in [0, 0.1) is 11.7 Å². The molecule has 1 saturated heterocycles. The fraction of sp³-hybridized carbons (Fsp3) is 0.478. The molecule has 1 unspecified atom stereocenters. The van der Waals surface area contributed by atoms with Crippen molar-refractivity contribution in [3.63, 3.8) is 0 Å². The van der Waals surface area contributed by atoms with E-state index in [-0.39, 0.29) is 5.69 Å². The van der Waals surface area contributed by atoms with Crippen molar-refractivity contribution >= 4 is 34.5 Å². The van der Waals surface area contributed by atoms with Crippen molar-refractivity contribution in [3.8, 4) is 0 Å². The zero-order chi connectivity index (χ0) is 24.6. The van der Waals surface area contributed by atoms with E-state index in [9.17, 15) is 27.5 Å². The minimum atomic E-state index is -4.88. The predicted octanol–water partition coefficient (Wildman–Crippen LogP) is 4.19. The number of carbonyl (C=O) groups is 1. The number of amides is 1. The van der Waals surface area contributed by atoms with Gasteiger partial charge in [0.1, 0.15) is 5.82 Å². The average molecular weight is 592 g/mol. The lowest BCUT2D eigenvalue weighted by molar-refractivity contribution is -0.252. The molecule has 4 rings (SSSR count). The lowest BCUT2D eigenvalue weighted by atomic mass is 9.79. The molecule has 2 fully saturated rings. The Bertz CT molecular complexity index is 1040. The Labute approximate surface area is 208 Å². The van der Waals surface area contributed by atoms with Gasteiger partial charge in [0.25, 0.3) is 0 Å². The van der Waals surface area contributed by atoms with Gasteiger partial charge < -0.3 is 15.7 Å². The second kappa shape index (κ2) is 9.67. The first-order valence-electron chi connectivity index (χ1n) is 11.0. The zero-order valence-electron chi connectivity index (χ0n) is 18.1. The maximum absolute atomic E-state index is 14.7. The molecule has 11 heteroatoms. The third-order valence-electron chi connectivity index (χ3n) is 6.70. The summed E-state index contributed by atoms with van der Waals surface area (Å²) in [7, 11) is 0. The molecule has 1 aromatic carbocycles. The topological polar surface area (TPSA) is 86.3 Å². The second-order valence-corrected chi connectivity index (χ2v) is 9.61. The molecule has 1 aromatic heterocycles. The first kappa shape index (κ1) is 25.3. The number of hydrogen-bond acceptors (Lipinski definition) is 5. The van der Waals surface area contributed by atoms with Crippen molar-refractivity contribution in [2.75, 3.05) is 11.9 Å². The number of nitrogens with one attached hydrogen (secondary N) is 3. The van der Waals surface area contributed by atoms with Crippen LogP contribution in [0.4, 0.5) is 23.2 Å². The highest BCUT2D eigenvalue weighted by molar-refractivity contribution is 14.1. The number of benzene rings is 1. The number of nitrogens with zero attached hydrogens (tertiary/aromatic N) is 1. The van der Waals surface area contributed by atoms with Gasteiger partial charge in [0.2, 0.25) is 5.91 Å². The minimum Gasteiger partial charge on any atom is -0.379 e. The number of carbonyl (C=O) groups excluding carboxylic acids is 1. The maximum Gasteiger partial charge on any atom is 0.418 e. The van der Waals surface area contributed by atoms with Crippen LogP contribution < -0.4 is 14.2 Å². The largest absolute Gasteiger partial charge is 0.418 e. The van der Waals surface area contributed by atoms with Crippen molar-refractivity contribution in [1.29, 1.82) is 0 Å². The summed E-state index contributed by atoms with van der Waals surface area (Å²) in [5.74, 6) is -0.905. The van der Waals surface area contributed by atoms with Crippen molar-refractivity contribution < 1.29 is 27.5 Å². The van der Waals surface area contributed by atoms with Crippen LogP contribution >= 0.6 is 22.9 Å². The van der Waals surface area contributed by atoms with Gasteiger partial charge in [-0.15, -0.1) is 0 Å². The van der Waals surface area contributed by atoms with Gasteiger partial charge in [-0.25, -0.2) is 7.92 Å². The summed E-state index contributed by atoms with van der Waals surface area (Å²) >= 11 is 2.07. The van der Waals surface area contributed by atoms with Crippen molar-refractivity contribution in [2.45, 2.75) is 55.5 Å². The van der Waals surface area contributed by atoms with Gasteiger partial charge >= 0.3 is 6.18 Å². The number of alkyl halides is 3. The number of aromatic nitrogens is 1. The predicted molar refractivity (Wildman–Crippen MR) is 127 cm³/mol. The van der Waals surface area contributed by atoms with E-state index in [1.54, 1.807) is 18.5 Å². The maximum atomic E-state index is 14.7. The molecule has 34 heavy (non-hydrogen) atoms. The Morgan fingerprint density at radius 1 is 1.21 bits per heavy atom. The number of pyridine rings is 1. The van der Waals surface area contributed by atoms with Gasteiger partial charge in [0.15, 0.2) is 5.60 Å². The second-order valence-electron chi connectivity index (χ2n) is 9.07. The molecular formula is C23H25F4IN4O2. The fourth-order valence-electron chi connectivity index (χ4n) is 4.36. The fourth-order valence-corrected chi connectivity index (χ4v) is 5.25. The standard InChI is InChI=1S/C23H25F4IN4O2/c24-17-4-3-16(22(32-28,8-5-14-1-2-14)15-6-9-29-10-7-15)11-18(17)31-20(33)19-12-21(34,13-30-19)23(25,26)27/h3-4,6-7,9-11,14,19,30,32,34H,1-2,5,8,12-13H2,(H,31,33)/t19-,21-,22?/m1/s1. The van der Waals surface area contributed by atoms with Crippen LogP contribution in [0.5, 0.6) is 0 Å². The van der Waals surface area contributed by atoms with E-state index in [1.807, 2.05) is 12.1 Å². The van der Waals surface area contributed by atoms with E-state index >= 15 is 0 Å². The van der Waals surface area contributed by atoms with Crippen molar-refractivity contribution in [3.05, 3.63) is 59.7 Å². The Kier molecular flexibility index (Phi) is 7.19. The number of aliphatic hydroxyl groups is 1. The molecule has 0 radical (unpaired) electrons. The average Bonchev–Trinajstić information content (AvgIpc) is 3.55. The van der Waals surface area contributed by atoms with E-state index in [0.29, 0.717) is 11.5 Å². The van der Waals surface area contributed by atoms with Gasteiger partial charge in [-0.2, -0.15) is 13.2 Å². The molecule has 0 spiro atoms. The Balaban J connectivity index is 1.60. The third-order valence-corrected chi connectivity index (χ3v) is 7.62. The molecule has 1 aliphatic carbocycles. The molecule has 2 aliphatic rings. The summed E-state index contributed by atoms with van der Waals surface area (Å²) in [4.78, 5) is 16.7. The summed E-state index contributed by atoms with van der Waals surface area (Å²) in [6.45, 7) is -0.803. The van der Waals surface area contributed by atoms with Gasteiger partial charge in [-0.3, -0.25) is 9.78 Å². The first-order valence-corrected chi connectivity index (χ1v) is 12.1. The van der Waals surface area contributed by atoms with E-state index < -0.39 is 48.0 Å². The summed E-state index contributed by atoms with van der Waals surface area (Å²) < 4.78 is 57.3. The molecule has 0 bridgehead atoms. The molecule has 1 saturated carbocycles. The highest BCUT2D eigenvalue weighted by atomic mass is 127. The SMILES string of the molecule is O=C(Nc1cc(C(CCC2CC2)(NI)c2ccncc2)ccc1F)[C@H]1C[C@](O)(C(F)(F)F)CN1. The molecule has 1 aliphatic heterocycles. The number of anilines is 1. The number of rotatable bonds is 8. The van der Waals surface area contributed by atoms with Crippen molar-refractivity contribution in [1.82, 2.24) is 13.8 Å². The summed E-state index contributed by atoms with van der Waals surface area (Å²) in [6, 6.07) is 6.83. The number of hydrogen-bond donors (Lipinski definition) is 4. The number of halogens is 5. The molecule has 3 atom stereocenters. The zero-order valence-corrected chi connectivity index (χ0v) is 20.3. The molecule has 6 nitrogen and oxygen atoms in total. The van der Waals surface area contributed by atoms with E-state index in [2.05, 4.69) is 42.0 Å². The van der Waals surface area contributed by atoms with Gasteiger partial charge in [-0.05, 0) is 54.2 Å². The molecule has 1 amide bonds. The van der Waals surface area contributed by atoms with Crippen LogP contribution in [0.2, 0.25) is 0 Å². The Hall–Kier alpha value is -1.83. The normalized spacial score (nSPS) is 24.6. The van der Waals surface area contributed by atoms with Crippen LogP contribution in [-0.4, -0.2) is 40.4 Å². The lowest BCUT2D eigenvalue weighted by Gasteiger charge is -2.34. The summed E-state index contributed by atoms with van der Waals surface area (Å²) in [6.07, 6.45) is 1.67. The van der Waals surface area contributed by atoms with E-state index in [4.69, 9.17) is 0 Å². The third kappa shape index (κ3) is 5.07. The van der Waals surface area contributed by atoms with Crippen molar-refractivity contribution in [2.24, 2.45) is 5.92 Å². The molecule has 184 valence electrons. The number of β-amino-alcohol motifs (C(OH)–C–C–N with tert-alkyl or cyclic N) is 1. The highest BCUT2D eigenvalue weighted by Crippen LogP contribution is 2.42. The quantitative estimate of drug-likeness (QED) is 0.210. The van der Waals surface area contributed by atoms with E-state index in [0.717, 1.165) is 18.4 Å². The van der Waals surface area contributed by atoms with Gasteiger partial charge in [-0.1, -0.05) is 18.9 Å².